The minimum absolute atomic E-state index is 0.576. The molecule has 65 valence electrons. The van der Waals surface area contributed by atoms with Crippen molar-refractivity contribution in [2.45, 2.75) is 62.9 Å². The van der Waals surface area contributed by atoms with E-state index >= 15 is 0 Å². The Balaban J connectivity index is 4.02. The van der Waals surface area contributed by atoms with Crippen molar-refractivity contribution < 1.29 is 0 Å². The van der Waals surface area contributed by atoms with Crippen molar-refractivity contribution in [2.24, 2.45) is 0 Å². The summed E-state index contributed by atoms with van der Waals surface area (Å²) in [5, 5.41) is 0. The van der Waals surface area contributed by atoms with Crippen LogP contribution in [0, 0.1) is 0 Å². The van der Waals surface area contributed by atoms with Crippen molar-refractivity contribution in [1.29, 1.82) is 0 Å². The standard InChI is InChI=1S/2C5H11.Al/c2*1-4-5(2)3;/h2*4H2,1-3H3;. The summed E-state index contributed by atoms with van der Waals surface area (Å²) in [5.74, 6) is 0. The van der Waals surface area contributed by atoms with Gasteiger partial charge in [-0.3, -0.25) is 0 Å². The summed E-state index contributed by atoms with van der Waals surface area (Å²) in [4.78, 5) is 0. The topological polar surface area (TPSA) is 0 Å². The number of rotatable bonds is 4. The molecule has 0 amide bonds. The fraction of sp³-hybridized carbons (Fsp3) is 1.00. The van der Waals surface area contributed by atoms with Crippen molar-refractivity contribution in [3.05, 3.63) is 0 Å². The molecule has 0 saturated carbocycles. The largest absolute Gasteiger partial charge is 0.219 e. The Kier molecular flexibility index (Phi) is 4.16. The molecule has 0 spiro atoms. The van der Waals surface area contributed by atoms with E-state index < -0.39 is 0 Å². The lowest BCUT2D eigenvalue weighted by Gasteiger charge is -2.32. The van der Waals surface area contributed by atoms with Crippen molar-refractivity contribution in [3.8, 4) is 0 Å². The Bertz CT molecular complexity index is 100. The average molecular weight is 169 g/mol. The fourth-order valence-electron chi connectivity index (χ4n) is 1.26. The molecule has 1 heteroatoms. The van der Waals surface area contributed by atoms with Crippen LogP contribution < -0.4 is 0 Å². The molecule has 0 aliphatic heterocycles. The predicted octanol–water partition coefficient (Wildman–Crippen LogP) is 3.91. The first-order valence-corrected chi connectivity index (χ1v) is 5.85. The van der Waals surface area contributed by atoms with E-state index in [1.165, 1.54) is 12.8 Å². The van der Waals surface area contributed by atoms with Crippen LogP contribution in [0.25, 0.3) is 0 Å². The number of hydrogen-bond donors (Lipinski definition) is 0. The molecule has 0 fully saturated rings. The molecule has 0 saturated heterocycles. The van der Waals surface area contributed by atoms with Crippen molar-refractivity contribution in [1.82, 2.24) is 0 Å². The van der Waals surface area contributed by atoms with Crippen LogP contribution in [0.4, 0.5) is 0 Å². The summed E-state index contributed by atoms with van der Waals surface area (Å²) >= 11 is 0.576. The van der Waals surface area contributed by atoms with Gasteiger partial charge in [0.2, 0.25) is 15.2 Å². The maximum Gasteiger partial charge on any atom is 0.219 e. The maximum absolute atomic E-state index is 2.40. The Morgan fingerprint density at radius 2 is 1.09 bits per heavy atom. The third-order valence-electron chi connectivity index (χ3n) is 2.60. The van der Waals surface area contributed by atoms with E-state index in [4.69, 9.17) is 0 Å². The fourth-order valence-corrected chi connectivity index (χ4v) is 3.79. The average Bonchev–Trinajstić information content (AvgIpc) is 1.86. The monoisotopic (exact) mass is 169 g/mol. The van der Waals surface area contributed by atoms with Gasteiger partial charge in [-0.1, -0.05) is 62.9 Å². The van der Waals surface area contributed by atoms with Crippen LogP contribution in [0.1, 0.15) is 54.4 Å². The van der Waals surface area contributed by atoms with Gasteiger partial charge in [0.25, 0.3) is 0 Å². The van der Waals surface area contributed by atoms with Gasteiger partial charge in [-0.25, -0.2) is 0 Å². The second-order valence-electron chi connectivity index (χ2n) is 4.83. The highest BCUT2D eigenvalue weighted by Crippen LogP contribution is 2.39. The molecule has 0 bridgehead atoms. The Morgan fingerprint density at radius 1 is 0.818 bits per heavy atom. The van der Waals surface area contributed by atoms with Gasteiger partial charge in [-0.15, -0.1) is 0 Å². The molecule has 0 rings (SSSR count). The van der Waals surface area contributed by atoms with Gasteiger partial charge in [0.05, 0.1) is 0 Å². The molecule has 1 radical (unpaired) electrons. The number of hydrogen-bond acceptors (Lipinski definition) is 0. The summed E-state index contributed by atoms with van der Waals surface area (Å²) in [5.41, 5.74) is 0. The molecule has 0 aromatic rings. The molecule has 0 atom stereocenters. The van der Waals surface area contributed by atoms with Crippen LogP contribution in [0.2, 0.25) is 8.55 Å². The van der Waals surface area contributed by atoms with Crippen molar-refractivity contribution >= 4 is 15.2 Å². The van der Waals surface area contributed by atoms with Gasteiger partial charge < -0.3 is 0 Å². The molecule has 0 nitrogen and oxygen atoms in total. The first-order chi connectivity index (χ1) is 4.83. The van der Waals surface area contributed by atoms with Gasteiger partial charge in [0.15, 0.2) is 0 Å². The SMILES string of the molecule is CC[C](C)(C)[Al][C](C)(C)CC. The predicted molar refractivity (Wildman–Crippen MR) is 54.4 cm³/mol. The van der Waals surface area contributed by atoms with E-state index in [1.54, 1.807) is 0 Å². The van der Waals surface area contributed by atoms with Crippen LogP contribution in [0.5, 0.6) is 0 Å². The minimum Gasteiger partial charge on any atom is -0.0876 e. The van der Waals surface area contributed by atoms with E-state index in [2.05, 4.69) is 41.5 Å². The minimum atomic E-state index is 0.576. The molecule has 0 aromatic carbocycles. The van der Waals surface area contributed by atoms with Crippen molar-refractivity contribution in [2.75, 3.05) is 0 Å². The third kappa shape index (κ3) is 4.88. The van der Waals surface area contributed by atoms with E-state index in [1.807, 2.05) is 0 Å². The van der Waals surface area contributed by atoms with Crippen molar-refractivity contribution in [3.63, 3.8) is 0 Å². The normalized spacial score (nSPS) is 13.3. The highest BCUT2D eigenvalue weighted by atomic mass is 27.1. The summed E-state index contributed by atoms with van der Waals surface area (Å²) in [6, 6.07) is 0. The van der Waals surface area contributed by atoms with Gasteiger partial charge in [0.1, 0.15) is 0 Å². The zero-order valence-electron chi connectivity index (χ0n) is 8.99. The van der Waals surface area contributed by atoms with Crippen LogP contribution in [-0.2, 0) is 0 Å². The van der Waals surface area contributed by atoms with E-state index in [0.717, 1.165) is 0 Å². The van der Waals surface area contributed by atoms with E-state index in [-0.39, 0.29) is 0 Å². The van der Waals surface area contributed by atoms with E-state index in [0.29, 0.717) is 23.8 Å². The van der Waals surface area contributed by atoms with E-state index in [9.17, 15) is 0 Å². The Labute approximate surface area is 78.5 Å². The molecule has 0 unspecified atom stereocenters. The van der Waals surface area contributed by atoms with Gasteiger partial charge in [-0.2, -0.15) is 0 Å². The molecular formula is C10H22Al. The maximum atomic E-state index is 2.40. The lowest BCUT2D eigenvalue weighted by atomic mass is 10.1. The zero-order chi connectivity index (χ0) is 9.12. The van der Waals surface area contributed by atoms with Crippen LogP contribution in [0.3, 0.4) is 0 Å². The smallest absolute Gasteiger partial charge is 0.0876 e. The lowest BCUT2D eigenvalue weighted by molar-refractivity contribution is 0.570. The highest BCUT2D eigenvalue weighted by Gasteiger charge is 2.27. The molecule has 0 aliphatic rings. The lowest BCUT2D eigenvalue weighted by Crippen LogP contribution is -2.22. The van der Waals surface area contributed by atoms with Crippen LogP contribution in [0.15, 0.2) is 0 Å². The second kappa shape index (κ2) is 3.97. The molecule has 0 aromatic heterocycles. The van der Waals surface area contributed by atoms with Crippen LogP contribution >= 0.6 is 0 Å². The van der Waals surface area contributed by atoms with Gasteiger partial charge >= 0.3 is 0 Å². The summed E-state index contributed by atoms with van der Waals surface area (Å²) in [6.45, 7) is 14.2. The molecule has 0 aliphatic carbocycles. The molecular weight excluding hydrogens is 147 g/mol. The van der Waals surface area contributed by atoms with Crippen LogP contribution in [-0.4, -0.2) is 15.2 Å². The molecule has 0 N–H and O–H groups in total. The first kappa shape index (κ1) is 11.5. The van der Waals surface area contributed by atoms with Gasteiger partial charge in [-0.05, 0) is 0 Å². The third-order valence-corrected chi connectivity index (χ3v) is 4.98. The Hall–Kier alpha value is 0.532. The summed E-state index contributed by atoms with van der Waals surface area (Å²) < 4.78 is 1.22. The molecule has 11 heavy (non-hydrogen) atoms. The molecule has 0 heterocycles. The Morgan fingerprint density at radius 3 is 1.27 bits per heavy atom. The highest BCUT2D eigenvalue weighted by molar-refractivity contribution is 6.43. The quantitative estimate of drug-likeness (QED) is 0.560. The first-order valence-electron chi connectivity index (χ1n) is 4.70. The zero-order valence-corrected chi connectivity index (χ0v) is 10.1. The second-order valence-corrected chi connectivity index (χ2v) is 8.24. The summed E-state index contributed by atoms with van der Waals surface area (Å²) in [7, 11) is 0. The van der Waals surface area contributed by atoms with Gasteiger partial charge in [0, 0.05) is 0 Å². The summed E-state index contributed by atoms with van der Waals surface area (Å²) in [6.07, 6.45) is 2.65.